The fourth-order valence-electron chi connectivity index (χ4n) is 9.98. The number of amides is 1. The predicted molar refractivity (Wildman–Crippen MR) is 311 cm³/mol. The van der Waals surface area contributed by atoms with Crippen molar-refractivity contribution in [3.05, 3.63) is 36.5 Å². The van der Waals surface area contributed by atoms with Crippen LogP contribution in [0.4, 0.5) is 0 Å². The Balaban J connectivity index is 2.10. The maximum Gasteiger partial charge on any atom is 0.305 e. The van der Waals surface area contributed by atoms with Crippen molar-refractivity contribution in [3.63, 3.8) is 0 Å². The third-order valence-corrected chi connectivity index (χ3v) is 15.0. The van der Waals surface area contributed by atoms with Gasteiger partial charge in [0.05, 0.1) is 32.0 Å². The van der Waals surface area contributed by atoms with Gasteiger partial charge in [0.2, 0.25) is 5.91 Å². The largest absolute Gasteiger partial charge is 0.465 e. The van der Waals surface area contributed by atoms with Crippen LogP contribution in [0.1, 0.15) is 296 Å². The first-order valence-electron chi connectivity index (χ1n) is 31.8. The Kier molecular flexibility index (Phi) is 50.9. The van der Waals surface area contributed by atoms with Crippen molar-refractivity contribution in [2.24, 2.45) is 0 Å². The van der Waals surface area contributed by atoms with Gasteiger partial charge in [0, 0.05) is 12.8 Å². The summed E-state index contributed by atoms with van der Waals surface area (Å²) in [7, 11) is 0. The van der Waals surface area contributed by atoms with Crippen LogP contribution in [0, 0.1) is 0 Å². The third kappa shape index (κ3) is 43.4. The van der Waals surface area contributed by atoms with Crippen molar-refractivity contribution in [2.75, 3.05) is 19.8 Å². The van der Waals surface area contributed by atoms with Crippen LogP contribution in [0.25, 0.3) is 0 Å². The number of carbonyl (C=O) groups excluding carboxylic acids is 2. The van der Waals surface area contributed by atoms with Gasteiger partial charge in [0.1, 0.15) is 24.4 Å². The highest BCUT2D eigenvalue weighted by atomic mass is 16.7. The van der Waals surface area contributed by atoms with Crippen LogP contribution in [-0.2, 0) is 23.8 Å². The van der Waals surface area contributed by atoms with Gasteiger partial charge in [0.15, 0.2) is 6.29 Å². The van der Waals surface area contributed by atoms with Crippen LogP contribution in [0.15, 0.2) is 36.5 Å². The third-order valence-electron chi connectivity index (χ3n) is 15.0. The lowest BCUT2D eigenvalue weighted by molar-refractivity contribution is -0.302. The minimum absolute atomic E-state index is 0.0486. The number of aliphatic hydroxyl groups is 5. The average molecular weight is 1060 g/mol. The summed E-state index contributed by atoms with van der Waals surface area (Å²) >= 11 is 0. The molecule has 1 amide bonds. The van der Waals surface area contributed by atoms with Crippen LogP contribution in [0.3, 0.4) is 0 Å². The summed E-state index contributed by atoms with van der Waals surface area (Å²) in [5.74, 6) is -0.233. The molecule has 1 aliphatic rings. The summed E-state index contributed by atoms with van der Waals surface area (Å²) in [6.07, 6.45) is 56.8. The monoisotopic (exact) mass is 1060 g/mol. The Morgan fingerprint density at radius 2 is 0.893 bits per heavy atom. The summed E-state index contributed by atoms with van der Waals surface area (Å²) in [5.41, 5.74) is 0. The van der Waals surface area contributed by atoms with Gasteiger partial charge in [-0.3, -0.25) is 9.59 Å². The Morgan fingerprint density at radius 3 is 1.35 bits per heavy atom. The van der Waals surface area contributed by atoms with E-state index in [9.17, 15) is 35.1 Å². The molecule has 1 fully saturated rings. The second-order valence-corrected chi connectivity index (χ2v) is 22.1. The van der Waals surface area contributed by atoms with Crippen LogP contribution >= 0.6 is 0 Å². The van der Waals surface area contributed by atoms with Crippen molar-refractivity contribution < 1.29 is 49.3 Å². The topological polar surface area (TPSA) is 175 Å². The number of rotatable bonds is 55. The average Bonchev–Trinajstić information content (AvgIpc) is 3.41. The van der Waals surface area contributed by atoms with Gasteiger partial charge in [-0.25, -0.2) is 0 Å². The Bertz CT molecular complexity index is 1340. The molecule has 0 aliphatic carbocycles. The molecule has 0 aromatic carbocycles. The number of aliphatic hydroxyl groups excluding tert-OH is 5. The number of nitrogens with one attached hydrogen (secondary N) is 1. The van der Waals surface area contributed by atoms with Gasteiger partial charge in [0.25, 0.3) is 0 Å². The van der Waals surface area contributed by atoms with E-state index < -0.39 is 49.5 Å². The molecule has 1 saturated heterocycles. The van der Waals surface area contributed by atoms with Crippen LogP contribution in [0.2, 0.25) is 0 Å². The fraction of sp³-hybridized carbons (Fsp3) is 0.875. The first-order chi connectivity index (χ1) is 36.7. The number of ether oxygens (including phenoxy) is 3. The van der Waals surface area contributed by atoms with Crippen molar-refractivity contribution in [1.82, 2.24) is 5.32 Å². The van der Waals surface area contributed by atoms with Crippen molar-refractivity contribution in [2.45, 2.75) is 339 Å². The summed E-state index contributed by atoms with van der Waals surface area (Å²) in [4.78, 5) is 25.1. The molecule has 0 bridgehead atoms. The highest BCUT2D eigenvalue weighted by Gasteiger charge is 2.44. The van der Waals surface area contributed by atoms with Crippen LogP contribution in [-0.4, -0.2) is 100 Å². The first-order valence-corrected chi connectivity index (χ1v) is 31.8. The molecule has 0 aromatic heterocycles. The zero-order valence-corrected chi connectivity index (χ0v) is 48.5. The summed E-state index contributed by atoms with van der Waals surface area (Å²) < 4.78 is 16.7. The summed E-state index contributed by atoms with van der Waals surface area (Å²) in [6, 6.07) is -0.814. The molecule has 1 aliphatic heterocycles. The molecule has 0 radical (unpaired) electrons. The number of hydrogen-bond acceptors (Lipinski definition) is 10. The number of esters is 1. The highest BCUT2D eigenvalue weighted by Crippen LogP contribution is 2.23. The van der Waals surface area contributed by atoms with E-state index in [4.69, 9.17) is 14.2 Å². The molecule has 6 N–H and O–H groups in total. The minimum atomic E-state index is -1.57. The molecule has 75 heavy (non-hydrogen) atoms. The molecular weight excluding hydrogens is 943 g/mol. The van der Waals surface area contributed by atoms with Gasteiger partial charge in [-0.05, 0) is 51.4 Å². The minimum Gasteiger partial charge on any atom is -0.465 e. The van der Waals surface area contributed by atoms with Crippen LogP contribution < -0.4 is 5.32 Å². The van der Waals surface area contributed by atoms with Gasteiger partial charge < -0.3 is 45.1 Å². The molecule has 0 aromatic rings. The standard InChI is InChI=1S/C64H119NO10/c1-3-5-7-9-11-13-15-16-24-27-31-34-38-42-46-50-57(67)56(55-74-64-63(72)62(71)61(70)58(54-66)75-64)65-59(68)51-47-43-39-35-32-28-25-22-20-18-17-19-21-23-26-29-33-37-41-45-49-53-73-60(69)52-48-44-40-36-30-14-12-10-8-6-4-2/h29,33,41,45-46,50,56-58,61-64,66-67,70-72H,3-28,30-32,34-40,42-44,47-49,51-55H2,1-2H3,(H,65,68)/b33-29-,45-41-,50-46+. The SMILES string of the molecule is CCCCCCCCCCCCCCC/C=C/C(O)C(COC1OC(CO)C(O)C(O)C1O)NC(=O)CCCCCCCCCCCCCCCC/C=C\C/C=C\CCOC(=O)CCCCCCCCCCCCC. The summed E-state index contributed by atoms with van der Waals surface area (Å²) in [6.45, 7) is 4.24. The maximum absolute atomic E-state index is 13.1. The van der Waals surface area contributed by atoms with Crippen molar-refractivity contribution >= 4 is 11.9 Å². The molecule has 440 valence electrons. The van der Waals surface area contributed by atoms with Gasteiger partial charge in [-0.15, -0.1) is 0 Å². The number of carbonyl (C=O) groups is 2. The lowest BCUT2D eigenvalue weighted by Crippen LogP contribution is -2.60. The normalized spacial score (nSPS) is 18.9. The van der Waals surface area contributed by atoms with Gasteiger partial charge >= 0.3 is 5.97 Å². The van der Waals surface area contributed by atoms with Crippen molar-refractivity contribution in [3.8, 4) is 0 Å². The molecule has 0 saturated carbocycles. The number of hydrogen-bond donors (Lipinski definition) is 6. The zero-order chi connectivity index (χ0) is 54.5. The van der Waals surface area contributed by atoms with E-state index in [0.29, 0.717) is 19.4 Å². The molecule has 7 unspecified atom stereocenters. The smallest absolute Gasteiger partial charge is 0.305 e. The summed E-state index contributed by atoms with van der Waals surface area (Å²) in [5, 5.41) is 54.5. The second-order valence-electron chi connectivity index (χ2n) is 22.1. The van der Waals surface area contributed by atoms with E-state index in [1.807, 2.05) is 6.08 Å². The Labute approximate surface area is 460 Å². The molecule has 1 heterocycles. The Morgan fingerprint density at radius 1 is 0.493 bits per heavy atom. The van der Waals surface area contributed by atoms with E-state index in [1.54, 1.807) is 6.08 Å². The van der Waals surface area contributed by atoms with Gasteiger partial charge in [-0.2, -0.15) is 0 Å². The molecule has 11 heteroatoms. The van der Waals surface area contributed by atoms with E-state index in [-0.39, 0.29) is 18.5 Å². The second kappa shape index (κ2) is 53.9. The highest BCUT2D eigenvalue weighted by molar-refractivity contribution is 5.76. The van der Waals surface area contributed by atoms with E-state index in [0.717, 1.165) is 70.6 Å². The fourth-order valence-corrected chi connectivity index (χ4v) is 9.98. The molecule has 0 spiro atoms. The number of allylic oxidation sites excluding steroid dienone is 4. The maximum atomic E-state index is 13.1. The van der Waals surface area contributed by atoms with Crippen molar-refractivity contribution in [1.29, 1.82) is 0 Å². The van der Waals surface area contributed by atoms with E-state index in [2.05, 4.69) is 43.5 Å². The quantitative estimate of drug-likeness (QED) is 0.0195. The van der Waals surface area contributed by atoms with Crippen LogP contribution in [0.5, 0.6) is 0 Å². The molecule has 11 nitrogen and oxygen atoms in total. The van der Waals surface area contributed by atoms with E-state index in [1.165, 1.54) is 199 Å². The lowest BCUT2D eigenvalue weighted by atomic mass is 9.99. The van der Waals surface area contributed by atoms with E-state index >= 15 is 0 Å². The molecule has 7 atom stereocenters. The first kappa shape index (κ1) is 70.9. The molecular formula is C64H119NO10. The Hall–Kier alpha value is -2.12. The lowest BCUT2D eigenvalue weighted by Gasteiger charge is -2.40. The number of unbranched alkanes of at least 4 members (excludes halogenated alkanes) is 37. The predicted octanol–water partition coefficient (Wildman–Crippen LogP) is 15.1. The van der Waals surface area contributed by atoms with Gasteiger partial charge in [-0.1, -0.05) is 269 Å². The molecule has 1 rings (SSSR count). The zero-order valence-electron chi connectivity index (χ0n) is 48.5.